The summed E-state index contributed by atoms with van der Waals surface area (Å²) in [7, 11) is 0. The molecule has 0 aliphatic carbocycles. The quantitative estimate of drug-likeness (QED) is 0.205. The largest absolute Gasteiger partial charge is 0.508 e. The Bertz CT molecular complexity index is 1410. The Morgan fingerprint density at radius 2 is 1.61 bits per heavy atom. The summed E-state index contributed by atoms with van der Waals surface area (Å²) in [5, 5.41) is 31.8. The van der Waals surface area contributed by atoms with Crippen LogP contribution >= 0.6 is 12.2 Å². The normalized spacial score (nSPS) is 18.1. The van der Waals surface area contributed by atoms with Crippen LogP contribution in [0.3, 0.4) is 0 Å². The van der Waals surface area contributed by atoms with Crippen molar-refractivity contribution in [3.05, 3.63) is 114 Å². The molecule has 3 N–H and O–H groups in total. The van der Waals surface area contributed by atoms with Gasteiger partial charge < -0.3 is 20.2 Å². The maximum Gasteiger partial charge on any atom is 0.123 e. The van der Waals surface area contributed by atoms with E-state index in [9.17, 15) is 19.7 Å². The number of aromatic hydroxyl groups is 2. The number of halogens is 1. The fourth-order valence-corrected chi connectivity index (χ4v) is 5.86. The Morgan fingerprint density at radius 1 is 0.868 bits per heavy atom. The van der Waals surface area contributed by atoms with E-state index in [2.05, 4.69) is 4.90 Å². The number of phenolic OH excluding ortho intramolecular Hbond substituents is 2. The molecule has 38 heavy (non-hydrogen) atoms. The number of benzene rings is 4. The molecule has 3 atom stereocenters. The van der Waals surface area contributed by atoms with Gasteiger partial charge in [-0.1, -0.05) is 73.2 Å². The molecule has 0 bridgehead atoms. The molecule has 0 amide bonds. The summed E-state index contributed by atoms with van der Waals surface area (Å²) >= 11 is 5.86. The van der Waals surface area contributed by atoms with E-state index in [4.69, 9.17) is 12.2 Å². The van der Waals surface area contributed by atoms with Gasteiger partial charge in [-0.25, -0.2) is 4.39 Å². The molecule has 5 rings (SSSR count). The zero-order valence-electron chi connectivity index (χ0n) is 20.9. The minimum absolute atomic E-state index is 0.139. The minimum atomic E-state index is -0.664. The number of thiocarbonyl (C=S) groups is 1. The number of phenols is 2. The van der Waals surface area contributed by atoms with Crippen LogP contribution in [0.4, 0.5) is 10.1 Å². The fraction of sp³-hybridized carbons (Fsp3) is 0.219. The van der Waals surface area contributed by atoms with Crippen LogP contribution in [0.25, 0.3) is 11.1 Å². The molecule has 4 nitrogen and oxygen atoms in total. The molecule has 6 heteroatoms. The highest BCUT2D eigenvalue weighted by Crippen LogP contribution is 2.47. The van der Waals surface area contributed by atoms with Crippen molar-refractivity contribution in [3.63, 3.8) is 0 Å². The smallest absolute Gasteiger partial charge is 0.123 e. The van der Waals surface area contributed by atoms with E-state index in [0.717, 1.165) is 40.2 Å². The van der Waals surface area contributed by atoms with Gasteiger partial charge in [0.15, 0.2) is 0 Å². The first-order valence-corrected chi connectivity index (χ1v) is 13.2. The van der Waals surface area contributed by atoms with Gasteiger partial charge in [-0.3, -0.25) is 0 Å². The summed E-state index contributed by atoms with van der Waals surface area (Å²) in [5.74, 6) is 0.169. The molecule has 0 aromatic heterocycles. The number of hydrogen-bond donors (Lipinski definition) is 3. The SMILES string of the molecule is Oc1cccc(-c2ccc([C@@H]3C(CCCC(O)c4ccc(F)cc4)CC(=S)N3c3ccccc3)c(O)c2)c1. The van der Waals surface area contributed by atoms with Gasteiger partial charge in [0, 0.05) is 17.7 Å². The van der Waals surface area contributed by atoms with Gasteiger partial charge >= 0.3 is 0 Å². The monoisotopic (exact) mass is 527 g/mol. The molecule has 1 aliphatic rings. The van der Waals surface area contributed by atoms with Crippen LogP contribution in [0, 0.1) is 11.7 Å². The van der Waals surface area contributed by atoms with Crippen LogP contribution in [0.5, 0.6) is 11.5 Å². The molecule has 4 aromatic carbocycles. The third kappa shape index (κ3) is 5.57. The lowest BCUT2D eigenvalue weighted by Gasteiger charge is -2.31. The van der Waals surface area contributed by atoms with Gasteiger partial charge in [-0.15, -0.1) is 0 Å². The van der Waals surface area contributed by atoms with Crippen LogP contribution < -0.4 is 4.90 Å². The third-order valence-corrected chi connectivity index (χ3v) is 7.66. The average molecular weight is 528 g/mol. The second-order valence-electron chi connectivity index (χ2n) is 9.83. The van der Waals surface area contributed by atoms with E-state index < -0.39 is 6.10 Å². The van der Waals surface area contributed by atoms with Gasteiger partial charge in [0.25, 0.3) is 0 Å². The number of anilines is 1. The van der Waals surface area contributed by atoms with Crippen LogP contribution in [0.2, 0.25) is 0 Å². The summed E-state index contributed by atoms with van der Waals surface area (Å²) in [6.45, 7) is 0. The lowest BCUT2D eigenvalue weighted by atomic mass is 9.87. The topological polar surface area (TPSA) is 63.9 Å². The Labute approximate surface area is 227 Å². The van der Waals surface area contributed by atoms with Gasteiger partial charge in [0.1, 0.15) is 17.3 Å². The predicted octanol–water partition coefficient (Wildman–Crippen LogP) is 7.70. The van der Waals surface area contributed by atoms with Crippen molar-refractivity contribution in [1.82, 2.24) is 0 Å². The number of para-hydroxylation sites is 1. The molecule has 1 aliphatic heterocycles. The van der Waals surface area contributed by atoms with Gasteiger partial charge in [-0.05, 0) is 77.9 Å². The van der Waals surface area contributed by atoms with Crippen molar-refractivity contribution in [2.75, 3.05) is 4.90 Å². The summed E-state index contributed by atoms with van der Waals surface area (Å²) in [6.07, 6.45) is 2.15. The molecule has 194 valence electrons. The van der Waals surface area contributed by atoms with Crippen molar-refractivity contribution in [2.45, 2.75) is 37.8 Å². The lowest BCUT2D eigenvalue weighted by Crippen LogP contribution is -2.28. The zero-order valence-corrected chi connectivity index (χ0v) is 21.7. The number of aliphatic hydroxyl groups excluding tert-OH is 1. The molecule has 1 saturated heterocycles. The molecule has 0 radical (unpaired) electrons. The highest BCUT2D eigenvalue weighted by molar-refractivity contribution is 7.80. The summed E-state index contributed by atoms with van der Waals surface area (Å²) in [5.41, 5.74) is 4.11. The molecule has 2 unspecified atom stereocenters. The number of nitrogens with zero attached hydrogens (tertiary/aromatic N) is 1. The number of hydrogen-bond acceptors (Lipinski definition) is 4. The first-order valence-electron chi connectivity index (χ1n) is 12.8. The predicted molar refractivity (Wildman–Crippen MR) is 153 cm³/mol. The maximum absolute atomic E-state index is 13.3. The molecule has 1 heterocycles. The summed E-state index contributed by atoms with van der Waals surface area (Å²) in [4.78, 5) is 2.96. The molecule has 0 spiro atoms. The third-order valence-electron chi connectivity index (χ3n) is 7.30. The van der Waals surface area contributed by atoms with Gasteiger partial charge in [0.2, 0.25) is 0 Å². The molecular formula is C32H30FNO3S. The van der Waals surface area contributed by atoms with E-state index in [1.807, 2.05) is 48.5 Å². The van der Waals surface area contributed by atoms with E-state index in [1.165, 1.54) is 12.1 Å². The molecule has 0 saturated carbocycles. The molecule has 1 fully saturated rings. The number of aliphatic hydroxyl groups is 1. The Hall–Kier alpha value is -3.74. The van der Waals surface area contributed by atoms with Gasteiger partial charge in [0.05, 0.1) is 17.1 Å². The van der Waals surface area contributed by atoms with E-state index >= 15 is 0 Å². The van der Waals surface area contributed by atoms with Crippen molar-refractivity contribution in [1.29, 1.82) is 0 Å². The van der Waals surface area contributed by atoms with Crippen LogP contribution in [0.1, 0.15) is 49.0 Å². The first kappa shape index (κ1) is 25.9. The average Bonchev–Trinajstić information content (AvgIpc) is 3.24. The second kappa shape index (κ2) is 11.3. The minimum Gasteiger partial charge on any atom is -0.508 e. The van der Waals surface area contributed by atoms with Crippen LogP contribution in [-0.4, -0.2) is 20.3 Å². The molecule has 4 aromatic rings. The van der Waals surface area contributed by atoms with Crippen molar-refractivity contribution < 1.29 is 19.7 Å². The molecular weight excluding hydrogens is 497 g/mol. The number of rotatable bonds is 8. The fourth-order valence-electron chi connectivity index (χ4n) is 5.43. The second-order valence-corrected chi connectivity index (χ2v) is 10.3. The standard InChI is InChI=1S/C32H30FNO3S/c33-25-15-12-21(13-16-25)29(36)11-5-7-24-20-31(38)34(26-8-2-1-3-9-26)32(24)28-17-14-23(19-30(28)37)22-6-4-10-27(35)18-22/h1-4,6,8-10,12-19,24,29,32,35-37H,5,7,11,20H2/t24?,29?,32-/m0/s1. The Kier molecular flexibility index (Phi) is 7.72. The van der Waals surface area contributed by atoms with Crippen molar-refractivity contribution >= 4 is 22.9 Å². The first-order chi connectivity index (χ1) is 18.4. The van der Waals surface area contributed by atoms with Crippen LogP contribution in [-0.2, 0) is 0 Å². The zero-order chi connectivity index (χ0) is 26.6. The van der Waals surface area contributed by atoms with E-state index in [1.54, 1.807) is 36.4 Å². The van der Waals surface area contributed by atoms with E-state index in [0.29, 0.717) is 18.4 Å². The van der Waals surface area contributed by atoms with Crippen molar-refractivity contribution in [3.8, 4) is 22.6 Å². The Morgan fingerprint density at radius 3 is 2.32 bits per heavy atom. The highest BCUT2D eigenvalue weighted by Gasteiger charge is 2.40. The lowest BCUT2D eigenvalue weighted by molar-refractivity contribution is 0.160. The van der Waals surface area contributed by atoms with Gasteiger partial charge in [-0.2, -0.15) is 0 Å². The van der Waals surface area contributed by atoms with Crippen molar-refractivity contribution in [2.24, 2.45) is 5.92 Å². The highest BCUT2D eigenvalue weighted by atomic mass is 32.1. The van der Waals surface area contributed by atoms with E-state index in [-0.39, 0.29) is 29.3 Å². The summed E-state index contributed by atoms with van der Waals surface area (Å²) in [6, 6.07) is 28.4. The van der Waals surface area contributed by atoms with Crippen LogP contribution in [0.15, 0.2) is 97.1 Å². The maximum atomic E-state index is 13.3. The Balaban J connectivity index is 1.41. The summed E-state index contributed by atoms with van der Waals surface area (Å²) < 4.78 is 13.3.